The van der Waals surface area contributed by atoms with E-state index >= 15 is 0 Å². The van der Waals surface area contributed by atoms with Gasteiger partial charge >= 0.3 is 0 Å². The van der Waals surface area contributed by atoms with E-state index in [9.17, 15) is 4.79 Å². The summed E-state index contributed by atoms with van der Waals surface area (Å²) in [4.78, 5) is 12.2. The van der Waals surface area contributed by atoms with Gasteiger partial charge in [0.15, 0.2) is 5.78 Å². The zero-order valence-electron chi connectivity index (χ0n) is 17.4. The number of carbonyl (C=O) groups excluding carboxylic acids is 1. The van der Waals surface area contributed by atoms with Gasteiger partial charge in [0, 0.05) is 17.2 Å². The lowest BCUT2D eigenvalue weighted by molar-refractivity contribution is 0.101. The topological polar surface area (TPSA) is 35.5 Å². The Morgan fingerprint density at radius 3 is 1.96 bits per heavy atom. The van der Waals surface area contributed by atoms with Crippen LogP contribution in [0.3, 0.4) is 0 Å². The van der Waals surface area contributed by atoms with Crippen molar-refractivity contribution in [2.75, 3.05) is 13.2 Å². The lowest BCUT2D eigenvalue weighted by Crippen LogP contribution is -2.08. The van der Waals surface area contributed by atoms with Gasteiger partial charge in [0.05, 0.1) is 13.2 Å². The molecule has 148 valence electrons. The molecule has 1 aromatic carbocycles. The Bertz CT molecular complexity index is 522. The molecule has 0 saturated carbocycles. The fourth-order valence-electron chi connectivity index (χ4n) is 3.03. The van der Waals surface area contributed by atoms with Crippen LogP contribution >= 0.6 is 0 Å². The van der Waals surface area contributed by atoms with Crippen LogP contribution in [0.4, 0.5) is 0 Å². The van der Waals surface area contributed by atoms with Crippen LogP contribution in [0.1, 0.15) is 101 Å². The molecule has 0 aliphatic heterocycles. The van der Waals surface area contributed by atoms with E-state index in [1.165, 1.54) is 25.7 Å². The average molecular weight is 363 g/mol. The summed E-state index contributed by atoms with van der Waals surface area (Å²) in [5.41, 5.74) is 1.82. The first-order valence-corrected chi connectivity index (χ1v) is 10.6. The molecule has 0 radical (unpaired) electrons. The smallest absolute Gasteiger partial charge is 0.160 e. The summed E-state index contributed by atoms with van der Waals surface area (Å²) in [6.45, 7) is 9.60. The van der Waals surface area contributed by atoms with Gasteiger partial charge in [-0.05, 0) is 38.7 Å². The van der Waals surface area contributed by atoms with Crippen LogP contribution in [0.25, 0.3) is 0 Å². The summed E-state index contributed by atoms with van der Waals surface area (Å²) in [7, 11) is 0. The molecule has 0 atom stereocenters. The van der Waals surface area contributed by atoms with Crippen LogP contribution in [-0.2, 0) is 6.42 Å². The number of carbonyl (C=O) groups is 1. The first-order valence-electron chi connectivity index (χ1n) is 10.6. The van der Waals surface area contributed by atoms with E-state index in [1.54, 1.807) is 6.92 Å². The number of hydrogen-bond donors (Lipinski definition) is 0. The number of ether oxygens (including phenoxy) is 2. The minimum absolute atomic E-state index is 0.0916. The van der Waals surface area contributed by atoms with Crippen LogP contribution in [-0.4, -0.2) is 19.0 Å². The van der Waals surface area contributed by atoms with Gasteiger partial charge in [0.2, 0.25) is 0 Å². The van der Waals surface area contributed by atoms with Crippen LogP contribution in [0.15, 0.2) is 12.1 Å². The molecule has 3 nitrogen and oxygen atoms in total. The van der Waals surface area contributed by atoms with Gasteiger partial charge in [-0.25, -0.2) is 0 Å². The summed E-state index contributed by atoms with van der Waals surface area (Å²) in [5, 5.41) is 0. The van der Waals surface area contributed by atoms with E-state index in [-0.39, 0.29) is 5.78 Å². The molecule has 0 fully saturated rings. The van der Waals surface area contributed by atoms with Gasteiger partial charge in [-0.15, -0.1) is 0 Å². The monoisotopic (exact) mass is 362 g/mol. The van der Waals surface area contributed by atoms with Crippen molar-refractivity contribution >= 4 is 5.78 Å². The highest BCUT2D eigenvalue weighted by atomic mass is 16.5. The highest BCUT2D eigenvalue weighted by molar-refractivity contribution is 5.96. The van der Waals surface area contributed by atoms with Crippen LogP contribution < -0.4 is 9.47 Å². The number of unbranched alkanes of at least 4 members (excludes halogenated alkanes) is 6. The molecule has 0 aliphatic rings. The Balaban J connectivity index is 2.98. The van der Waals surface area contributed by atoms with Crippen molar-refractivity contribution in [3.05, 3.63) is 23.3 Å². The second kappa shape index (κ2) is 13.7. The highest BCUT2D eigenvalue weighted by Gasteiger charge is 2.16. The summed E-state index contributed by atoms with van der Waals surface area (Å²) in [5.74, 6) is 1.69. The maximum atomic E-state index is 12.2. The molecule has 1 aromatic rings. The highest BCUT2D eigenvalue weighted by Crippen LogP contribution is 2.31. The van der Waals surface area contributed by atoms with Gasteiger partial charge in [0.25, 0.3) is 0 Å². The number of ketones is 1. The molecule has 1 rings (SSSR count). The minimum Gasteiger partial charge on any atom is -0.493 e. The predicted octanol–water partition coefficient (Wildman–Crippen LogP) is 6.76. The van der Waals surface area contributed by atoms with Gasteiger partial charge < -0.3 is 9.47 Å². The Kier molecular flexibility index (Phi) is 11.8. The van der Waals surface area contributed by atoms with Gasteiger partial charge in [0.1, 0.15) is 11.5 Å². The third-order valence-electron chi connectivity index (χ3n) is 4.61. The molecule has 0 saturated heterocycles. The first kappa shape index (κ1) is 22.5. The quantitative estimate of drug-likeness (QED) is 0.255. The number of rotatable bonds is 15. The molecule has 0 N–H and O–H groups in total. The van der Waals surface area contributed by atoms with Crippen molar-refractivity contribution in [2.24, 2.45) is 0 Å². The lowest BCUT2D eigenvalue weighted by Gasteiger charge is -2.17. The maximum Gasteiger partial charge on any atom is 0.160 e. The van der Waals surface area contributed by atoms with E-state index in [4.69, 9.17) is 9.47 Å². The Labute approximate surface area is 160 Å². The zero-order chi connectivity index (χ0) is 19.2. The van der Waals surface area contributed by atoms with E-state index in [0.717, 1.165) is 61.2 Å². The Hall–Kier alpha value is -1.51. The largest absolute Gasteiger partial charge is 0.493 e. The summed E-state index contributed by atoms with van der Waals surface area (Å²) in [6, 6.07) is 3.90. The predicted molar refractivity (Wildman–Crippen MR) is 110 cm³/mol. The number of Topliss-reactive ketones (excluding diaryl/α,β-unsaturated/α-hetero) is 1. The SMILES string of the molecule is CCCCCOc1cc(OCCCCC)c(CCCCC)c(C(C)=O)c1. The second-order valence-electron chi connectivity index (χ2n) is 7.07. The molecule has 0 aromatic heterocycles. The Morgan fingerprint density at radius 1 is 0.808 bits per heavy atom. The van der Waals surface area contributed by atoms with Gasteiger partial charge in [-0.2, -0.15) is 0 Å². The normalized spacial score (nSPS) is 10.8. The Morgan fingerprint density at radius 2 is 1.38 bits per heavy atom. The van der Waals surface area contributed by atoms with Crippen LogP contribution in [0, 0.1) is 0 Å². The van der Waals surface area contributed by atoms with E-state index in [0.29, 0.717) is 13.2 Å². The van der Waals surface area contributed by atoms with Gasteiger partial charge in [-0.3, -0.25) is 4.79 Å². The summed E-state index contributed by atoms with van der Waals surface area (Å²) in [6.07, 6.45) is 11.1. The van der Waals surface area contributed by atoms with E-state index in [1.807, 2.05) is 12.1 Å². The van der Waals surface area contributed by atoms with Crippen LogP contribution in [0.2, 0.25) is 0 Å². The number of hydrogen-bond acceptors (Lipinski definition) is 3. The van der Waals surface area contributed by atoms with Crippen molar-refractivity contribution in [2.45, 2.75) is 91.9 Å². The molecule has 0 amide bonds. The third-order valence-corrected chi connectivity index (χ3v) is 4.61. The summed E-state index contributed by atoms with van der Waals surface area (Å²) < 4.78 is 12.0. The molecular formula is C23H38O3. The molecule has 0 unspecified atom stereocenters. The molecule has 26 heavy (non-hydrogen) atoms. The van der Waals surface area contributed by atoms with E-state index in [2.05, 4.69) is 20.8 Å². The lowest BCUT2D eigenvalue weighted by atomic mass is 9.97. The van der Waals surface area contributed by atoms with Gasteiger partial charge in [-0.1, -0.05) is 59.3 Å². The first-order chi connectivity index (χ1) is 12.6. The van der Waals surface area contributed by atoms with Crippen molar-refractivity contribution < 1.29 is 14.3 Å². The zero-order valence-corrected chi connectivity index (χ0v) is 17.4. The molecule has 0 heterocycles. The van der Waals surface area contributed by atoms with Crippen molar-refractivity contribution in [1.29, 1.82) is 0 Å². The molecule has 3 heteroatoms. The average Bonchev–Trinajstić information content (AvgIpc) is 2.63. The third kappa shape index (κ3) is 8.25. The standard InChI is InChI=1S/C23H38O3/c1-5-8-11-14-21-22(19(4)24)17-20(25-15-12-9-6-2)18-23(21)26-16-13-10-7-3/h17-18H,5-16H2,1-4H3. The molecule has 0 aliphatic carbocycles. The maximum absolute atomic E-state index is 12.2. The second-order valence-corrected chi connectivity index (χ2v) is 7.07. The van der Waals surface area contributed by atoms with Crippen molar-refractivity contribution in [3.63, 3.8) is 0 Å². The van der Waals surface area contributed by atoms with E-state index < -0.39 is 0 Å². The van der Waals surface area contributed by atoms with Crippen molar-refractivity contribution in [1.82, 2.24) is 0 Å². The fourth-order valence-corrected chi connectivity index (χ4v) is 3.03. The summed E-state index contributed by atoms with van der Waals surface area (Å²) >= 11 is 0. The van der Waals surface area contributed by atoms with Crippen LogP contribution in [0.5, 0.6) is 11.5 Å². The van der Waals surface area contributed by atoms with Crippen molar-refractivity contribution in [3.8, 4) is 11.5 Å². The minimum atomic E-state index is 0.0916. The molecule has 0 bridgehead atoms. The number of benzene rings is 1. The fraction of sp³-hybridized carbons (Fsp3) is 0.696. The molecular weight excluding hydrogens is 324 g/mol. The molecule has 0 spiro atoms.